The van der Waals surface area contributed by atoms with Crippen LogP contribution in [0.1, 0.15) is 33.6 Å². The largest absolute Gasteiger partial charge is 0.743 e. The molecular weight excluding hydrogens is 667 g/mol. The average Bonchev–Trinajstić information content (AvgIpc) is 3.24. The molecule has 0 unspecified atom stereocenters. The van der Waals surface area contributed by atoms with Crippen LogP contribution in [0.25, 0.3) is 0 Å². The maximum atomic E-state index is 13.0. The molecule has 1 rings (SSSR count). The van der Waals surface area contributed by atoms with E-state index in [0.29, 0.717) is 16.7 Å². The number of carbonyl (C=O) groups is 1. The molecule has 4 nitrogen and oxygen atoms in total. The van der Waals surface area contributed by atoms with E-state index in [9.17, 15) is 92.4 Å². The molecule has 0 aromatic heterocycles. The number of ketones is 1. The summed E-state index contributed by atoms with van der Waals surface area (Å²) in [5.41, 5.74) is -0.115. The van der Waals surface area contributed by atoms with Crippen LogP contribution in [0.5, 0.6) is 0 Å². The van der Waals surface area contributed by atoms with E-state index in [1.54, 1.807) is 0 Å². The topological polar surface area (TPSA) is 74.3 Å². The lowest BCUT2D eigenvalue weighted by atomic mass is 9.91. The number of carbonyl (C=O) groups excluding carboxylic acids is 1. The van der Waals surface area contributed by atoms with Gasteiger partial charge in [-0.15, -0.1) is 0 Å². The minimum Gasteiger partial charge on any atom is -0.743 e. The molecule has 0 atom stereocenters. The summed E-state index contributed by atoms with van der Waals surface area (Å²) in [4.78, 5) is 11.6. The van der Waals surface area contributed by atoms with E-state index in [2.05, 4.69) is 0 Å². The molecule has 0 radical (unpaired) electrons. The lowest BCUT2D eigenvalue weighted by molar-refractivity contribution is -0.458. The van der Waals surface area contributed by atoms with E-state index >= 15 is 0 Å². The Kier molecular flexibility index (Phi) is 11.0. The number of hydrogen-bond donors (Lipinski definition) is 0. The average molecular weight is 686 g/mol. The van der Waals surface area contributed by atoms with Crippen molar-refractivity contribution in [3.05, 3.63) is 0 Å². The van der Waals surface area contributed by atoms with E-state index in [-0.39, 0.29) is 5.41 Å². The summed E-state index contributed by atoms with van der Waals surface area (Å²) in [5, 5.41) is -7.95. The lowest BCUT2D eigenvalue weighted by Crippen LogP contribution is -2.75. The highest BCUT2D eigenvalue weighted by Crippen LogP contribution is 2.64. The Morgan fingerprint density at radius 1 is 0.610 bits per heavy atom. The zero-order valence-electron chi connectivity index (χ0n) is 20.4. The summed E-state index contributed by atoms with van der Waals surface area (Å²) in [6, 6.07) is 0. The Hall–Kier alpha value is -1.26. The Bertz CT molecular complexity index is 1040. The van der Waals surface area contributed by atoms with Gasteiger partial charge in [-0.3, -0.25) is 4.79 Å². The SMILES string of the molecule is CC(C)(C)C(=O)C[S+]1CCCC1.O=S(=O)([O-])C(F)(F)C(F)(F)C(F)(F)C(F)(F)C(F)(F)C(F)(F)C(F)(F)C(F)(F)F. The second-order valence-corrected chi connectivity index (χ2v) is 13.2. The van der Waals surface area contributed by atoms with Gasteiger partial charge in [0.25, 0.3) is 0 Å². The van der Waals surface area contributed by atoms with Gasteiger partial charge in [0.2, 0.25) is 0 Å². The number of halogens is 17. The van der Waals surface area contributed by atoms with Crippen LogP contribution >= 0.6 is 0 Å². The van der Waals surface area contributed by atoms with Crippen LogP contribution in [-0.2, 0) is 25.8 Å². The van der Waals surface area contributed by atoms with Crippen molar-refractivity contribution >= 4 is 26.8 Å². The van der Waals surface area contributed by atoms with Crippen LogP contribution in [0.2, 0.25) is 0 Å². The molecule has 0 bridgehead atoms. The fourth-order valence-corrected chi connectivity index (χ4v) is 5.53. The summed E-state index contributed by atoms with van der Waals surface area (Å²) >= 11 is 0. The molecule has 0 spiro atoms. The van der Waals surface area contributed by atoms with Gasteiger partial charge >= 0.3 is 47.0 Å². The molecule has 1 saturated heterocycles. The molecule has 0 aromatic carbocycles. The van der Waals surface area contributed by atoms with Crippen molar-refractivity contribution in [3.63, 3.8) is 0 Å². The zero-order valence-corrected chi connectivity index (χ0v) is 22.0. The summed E-state index contributed by atoms with van der Waals surface area (Å²) in [6.45, 7) is 6.07. The molecule has 0 N–H and O–H groups in total. The first kappa shape index (κ1) is 39.7. The Labute approximate surface area is 223 Å². The molecule has 0 aromatic rings. The zero-order chi connectivity index (χ0) is 33.7. The molecule has 0 amide bonds. The van der Waals surface area contributed by atoms with E-state index in [4.69, 9.17) is 0 Å². The lowest BCUT2D eigenvalue weighted by Gasteiger charge is -2.42. The Morgan fingerprint density at radius 3 is 1.17 bits per heavy atom. The maximum Gasteiger partial charge on any atom is 0.460 e. The van der Waals surface area contributed by atoms with Crippen LogP contribution in [-0.4, -0.2) is 83.0 Å². The normalized spacial score (nSPS) is 17.8. The fraction of sp³-hybridized carbons (Fsp3) is 0.944. The molecule has 1 heterocycles. The van der Waals surface area contributed by atoms with Crippen molar-refractivity contribution < 1.29 is 92.4 Å². The van der Waals surface area contributed by atoms with Gasteiger partial charge in [-0.2, -0.15) is 74.6 Å². The smallest absolute Gasteiger partial charge is 0.460 e. The second-order valence-electron chi connectivity index (χ2n) is 9.46. The number of alkyl halides is 17. The van der Waals surface area contributed by atoms with Crippen molar-refractivity contribution in [1.29, 1.82) is 0 Å². The fourth-order valence-electron chi connectivity index (χ4n) is 2.57. The molecule has 246 valence electrons. The van der Waals surface area contributed by atoms with Gasteiger partial charge in [-0.05, 0) is 23.7 Å². The van der Waals surface area contributed by atoms with Crippen molar-refractivity contribution in [3.8, 4) is 0 Å². The molecule has 1 aliphatic heterocycles. The highest BCUT2D eigenvalue weighted by Gasteiger charge is 2.95. The van der Waals surface area contributed by atoms with Gasteiger partial charge in [-0.25, -0.2) is 8.42 Å². The van der Waals surface area contributed by atoms with Gasteiger partial charge in [0, 0.05) is 5.41 Å². The van der Waals surface area contributed by atoms with Gasteiger partial charge < -0.3 is 4.55 Å². The van der Waals surface area contributed by atoms with Gasteiger partial charge in [0.1, 0.15) is 11.5 Å². The summed E-state index contributed by atoms with van der Waals surface area (Å²) in [7, 11) is -7.70. The van der Waals surface area contributed by atoms with E-state index in [0.717, 1.165) is 5.75 Å². The van der Waals surface area contributed by atoms with Gasteiger partial charge in [0.15, 0.2) is 21.7 Å². The highest BCUT2D eigenvalue weighted by molar-refractivity contribution is 7.97. The first-order valence-electron chi connectivity index (χ1n) is 10.3. The maximum absolute atomic E-state index is 13.0. The molecule has 23 heteroatoms. The molecule has 41 heavy (non-hydrogen) atoms. The van der Waals surface area contributed by atoms with E-state index in [1.807, 2.05) is 20.8 Å². The first-order valence-corrected chi connectivity index (χ1v) is 13.5. The minimum atomic E-state index is -8.92. The summed E-state index contributed by atoms with van der Waals surface area (Å²) < 4.78 is 244. The minimum absolute atomic E-state index is 0.115. The third kappa shape index (κ3) is 6.79. The van der Waals surface area contributed by atoms with E-state index < -0.39 is 57.1 Å². The summed E-state index contributed by atoms with van der Waals surface area (Å²) in [5.74, 6) is -48.2. The van der Waals surface area contributed by atoms with Crippen LogP contribution in [0.3, 0.4) is 0 Å². The highest BCUT2D eigenvalue weighted by atomic mass is 32.2. The molecule has 0 saturated carbocycles. The molecular formula is C18H19F17O4S2. The molecule has 0 aliphatic carbocycles. The van der Waals surface area contributed by atoms with Crippen LogP contribution in [0.15, 0.2) is 0 Å². The Morgan fingerprint density at radius 2 is 0.902 bits per heavy atom. The number of hydrogen-bond acceptors (Lipinski definition) is 4. The third-order valence-electron chi connectivity index (χ3n) is 5.29. The van der Waals surface area contributed by atoms with Crippen molar-refractivity contribution in [2.75, 3.05) is 17.3 Å². The predicted molar refractivity (Wildman–Crippen MR) is 106 cm³/mol. The molecule has 1 fully saturated rings. The van der Waals surface area contributed by atoms with Crippen LogP contribution in [0.4, 0.5) is 74.6 Å². The standard InChI is InChI=1S/C10H19OS.C8HF17O3S/c1-10(2,3)9(11)8-12-6-4-5-7-12;9-1(10,3(13,14)5(17,18)7(21,22)23)2(11,12)4(15,16)6(19,20)8(24,25)29(26,27)28/h4-8H2,1-3H3;(H,26,27,28)/q+1;/p-1. The predicted octanol–water partition coefficient (Wildman–Crippen LogP) is 6.51. The monoisotopic (exact) mass is 686 g/mol. The van der Waals surface area contributed by atoms with Crippen molar-refractivity contribution in [1.82, 2.24) is 0 Å². The van der Waals surface area contributed by atoms with Gasteiger partial charge in [0.05, 0.1) is 0 Å². The Balaban J connectivity index is 0.00000110. The van der Waals surface area contributed by atoms with Crippen LogP contribution in [0, 0.1) is 5.41 Å². The van der Waals surface area contributed by atoms with Crippen molar-refractivity contribution in [2.45, 2.75) is 80.6 Å². The molecule has 1 aliphatic rings. The first-order chi connectivity index (χ1) is 17.5. The van der Waals surface area contributed by atoms with Gasteiger partial charge in [-0.1, -0.05) is 20.8 Å². The third-order valence-corrected chi connectivity index (χ3v) is 8.58. The van der Waals surface area contributed by atoms with Crippen LogP contribution < -0.4 is 0 Å². The quantitative estimate of drug-likeness (QED) is 0.158. The number of rotatable bonds is 9. The summed E-state index contributed by atoms with van der Waals surface area (Å²) in [6.07, 6.45) is -5.20. The second kappa shape index (κ2) is 11.3. The van der Waals surface area contributed by atoms with Crippen molar-refractivity contribution in [2.24, 2.45) is 5.41 Å². The van der Waals surface area contributed by atoms with E-state index in [1.165, 1.54) is 24.3 Å². The number of Topliss-reactive ketones (excluding diaryl/α,β-unsaturated/α-hetero) is 1.